The van der Waals surface area contributed by atoms with Gasteiger partial charge in [-0.1, -0.05) is 48.0 Å². The van der Waals surface area contributed by atoms with Crippen LogP contribution in [0.25, 0.3) is 10.8 Å². The summed E-state index contributed by atoms with van der Waals surface area (Å²) in [5.41, 5.74) is 6.02. The molecule has 0 atom stereocenters. The molecule has 0 aromatic heterocycles. The molecule has 0 aliphatic heterocycles. The fourth-order valence-electron chi connectivity index (χ4n) is 2.15. The molecule has 0 saturated carbocycles. The smallest absolute Gasteiger partial charge is 0.146 e. The first-order valence-corrected chi connectivity index (χ1v) is 6.82. The largest absolute Gasteiger partial charge is 0.455 e. The molecule has 3 aromatic rings. The fourth-order valence-corrected chi connectivity index (χ4v) is 2.37. The number of rotatable bonds is 3. The van der Waals surface area contributed by atoms with Gasteiger partial charge in [0.2, 0.25) is 0 Å². The van der Waals surface area contributed by atoms with E-state index in [4.69, 9.17) is 27.5 Å². The van der Waals surface area contributed by atoms with Gasteiger partial charge in [0.15, 0.2) is 0 Å². The van der Waals surface area contributed by atoms with Gasteiger partial charge in [0.1, 0.15) is 17.3 Å². The first-order chi connectivity index (χ1) is 10.1. The average molecular weight is 297 g/mol. The van der Waals surface area contributed by atoms with Gasteiger partial charge in [-0.05, 0) is 29.7 Å². The Morgan fingerprint density at radius 1 is 0.952 bits per heavy atom. The summed E-state index contributed by atoms with van der Waals surface area (Å²) >= 11 is 6.20. The third-order valence-electron chi connectivity index (χ3n) is 3.21. The Bertz CT molecular complexity index is 825. The second kappa shape index (κ2) is 5.46. The van der Waals surface area contributed by atoms with E-state index in [1.54, 1.807) is 18.2 Å². The minimum absolute atomic E-state index is 0.0198. The number of amidine groups is 1. The number of hydrogen-bond donors (Lipinski definition) is 2. The van der Waals surface area contributed by atoms with E-state index in [0.717, 1.165) is 16.5 Å². The highest BCUT2D eigenvalue weighted by atomic mass is 35.5. The first-order valence-electron chi connectivity index (χ1n) is 6.45. The van der Waals surface area contributed by atoms with Gasteiger partial charge in [-0.2, -0.15) is 0 Å². The summed E-state index contributed by atoms with van der Waals surface area (Å²) < 4.78 is 5.91. The van der Waals surface area contributed by atoms with E-state index in [1.165, 1.54) is 0 Å². The molecule has 3 nitrogen and oxygen atoms in total. The van der Waals surface area contributed by atoms with Gasteiger partial charge in [-0.3, -0.25) is 5.41 Å². The number of hydrogen-bond acceptors (Lipinski definition) is 2. The minimum atomic E-state index is -0.0198. The van der Waals surface area contributed by atoms with Crippen LogP contribution in [-0.2, 0) is 0 Å². The summed E-state index contributed by atoms with van der Waals surface area (Å²) in [7, 11) is 0. The van der Waals surface area contributed by atoms with Gasteiger partial charge in [0.05, 0.1) is 5.02 Å². The third-order valence-corrected chi connectivity index (χ3v) is 3.51. The topological polar surface area (TPSA) is 59.1 Å². The molecule has 3 N–H and O–H groups in total. The van der Waals surface area contributed by atoms with Crippen LogP contribution >= 0.6 is 11.6 Å². The summed E-state index contributed by atoms with van der Waals surface area (Å²) in [5, 5.41) is 9.96. The van der Waals surface area contributed by atoms with Crippen molar-refractivity contribution in [2.24, 2.45) is 5.73 Å². The van der Waals surface area contributed by atoms with Crippen LogP contribution < -0.4 is 10.5 Å². The molecule has 0 saturated heterocycles. The fraction of sp³-hybridized carbons (Fsp3) is 0. The van der Waals surface area contributed by atoms with Gasteiger partial charge in [0.25, 0.3) is 0 Å². The molecule has 4 heteroatoms. The van der Waals surface area contributed by atoms with E-state index < -0.39 is 0 Å². The van der Waals surface area contributed by atoms with Crippen molar-refractivity contribution in [1.29, 1.82) is 5.41 Å². The molecule has 104 valence electrons. The number of ether oxygens (including phenoxy) is 1. The zero-order valence-electron chi connectivity index (χ0n) is 11.1. The Kier molecular flexibility index (Phi) is 3.50. The molecule has 0 bridgehead atoms. The summed E-state index contributed by atoms with van der Waals surface area (Å²) in [6.45, 7) is 0. The monoisotopic (exact) mass is 296 g/mol. The Morgan fingerprint density at radius 2 is 1.71 bits per heavy atom. The van der Waals surface area contributed by atoms with Crippen molar-refractivity contribution < 1.29 is 4.74 Å². The predicted molar refractivity (Wildman–Crippen MR) is 86.5 cm³/mol. The number of nitrogen functional groups attached to an aromatic ring is 1. The quantitative estimate of drug-likeness (QED) is 0.549. The summed E-state index contributed by atoms with van der Waals surface area (Å²) in [6, 6.07) is 18.9. The standard InChI is InChI=1S/C17H13ClN2O/c18-14-10-12(17(19)20)8-9-16(14)21-15-7-3-5-11-4-1-2-6-13(11)15/h1-10H,(H3,19,20). The Balaban J connectivity index is 2.01. The van der Waals surface area contributed by atoms with Crippen LogP contribution in [0.2, 0.25) is 5.02 Å². The van der Waals surface area contributed by atoms with Crippen molar-refractivity contribution in [2.45, 2.75) is 0 Å². The Morgan fingerprint density at radius 3 is 2.48 bits per heavy atom. The minimum Gasteiger partial charge on any atom is -0.455 e. The number of halogens is 1. The van der Waals surface area contributed by atoms with Gasteiger partial charge >= 0.3 is 0 Å². The Hall–Kier alpha value is -2.52. The van der Waals surface area contributed by atoms with Crippen LogP contribution in [0.5, 0.6) is 11.5 Å². The van der Waals surface area contributed by atoms with Crippen molar-refractivity contribution >= 4 is 28.2 Å². The molecule has 0 aliphatic carbocycles. The zero-order valence-corrected chi connectivity index (χ0v) is 11.9. The van der Waals surface area contributed by atoms with Crippen molar-refractivity contribution in [3.05, 3.63) is 71.2 Å². The number of benzene rings is 3. The third kappa shape index (κ3) is 2.69. The number of fused-ring (bicyclic) bond motifs is 1. The average Bonchev–Trinajstić information content (AvgIpc) is 2.49. The SMILES string of the molecule is N=C(N)c1ccc(Oc2cccc3ccccc23)c(Cl)c1. The Labute approximate surface area is 127 Å². The van der Waals surface area contributed by atoms with Crippen LogP contribution in [0.15, 0.2) is 60.7 Å². The van der Waals surface area contributed by atoms with E-state index >= 15 is 0 Å². The lowest BCUT2D eigenvalue weighted by molar-refractivity contribution is 0.488. The predicted octanol–water partition coefficient (Wildman–Crippen LogP) is 4.57. The number of nitrogens with two attached hydrogens (primary N) is 1. The van der Waals surface area contributed by atoms with E-state index in [1.807, 2.05) is 42.5 Å². The summed E-state index contributed by atoms with van der Waals surface area (Å²) in [6.07, 6.45) is 0. The van der Waals surface area contributed by atoms with Crippen LogP contribution in [0.3, 0.4) is 0 Å². The summed E-state index contributed by atoms with van der Waals surface area (Å²) in [4.78, 5) is 0. The molecular weight excluding hydrogens is 284 g/mol. The molecule has 0 radical (unpaired) electrons. The van der Waals surface area contributed by atoms with Crippen molar-refractivity contribution in [3.63, 3.8) is 0 Å². The van der Waals surface area contributed by atoms with Crippen LogP contribution in [0, 0.1) is 5.41 Å². The highest BCUT2D eigenvalue weighted by Crippen LogP contribution is 2.34. The van der Waals surface area contributed by atoms with Gasteiger partial charge in [-0.15, -0.1) is 0 Å². The van der Waals surface area contributed by atoms with E-state index in [2.05, 4.69) is 0 Å². The lowest BCUT2D eigenvalue weighted by Gasteiger charge is -2.11. The normalized spacial score (nSPS) is 10.5. The second-order valence-corrected chi connectivity index (χ2v) is 5.05. The maximum atomic E-state index is 7.41. The molecule has 0 unspecified atom stereocenters. The van der Waals surface area contributed by atoms with Crippen molar-refractivity contribution in [3.8, 4) is 11.5 Å². The van der Waals surface area contributed by atoms with E-state index in [-0.39, 0.29) is 5.84 Å². The van der Waals surface area contributed by atoms with Gasteiger partial charge in [-0.25, -0.2) is 0 Å². The molecule has 0 spiro atoms. The van der Waals surface area contributed by atoms with Gasteiger partial charge in [0, 0.05) is 10.9 Å². The number of nitrogens with one attached hydrogen (secondary N) is 1. The molecule has 0 fully saturated rings. The van der Waals surface area contributed by atoms with Crippen LogP contribution in [0.1, 0.15) is 5.56 Å². The maximum absolute atomic E-state index is 7.41. The molecule has 3 aromatic carbocycles. The lowest BCUT2D eigenvalue weighted by atomic mass is 10.1. The zero-order chi connectivity index (χ0) is 14.8. The highest BCUT2D eigenvalue weighted by molar-refractivity contribution is 6.32. The van der Waals surface area contributed by atoms with Crippen molar-refractivity contribution in [2.75, 3.05) is 0 Å². The molecule has 0 aliphatic rings. The molecule has 3 rings (SSSR count). The highest BCUT2D eigenvalue weighted by Gasteiger charge is 2.08. The maximum Gasteiger partial charge on any atom is 0.146 e. The summed E-state index contributed by atoms with van der Waals surface area (Å²) in [5.74, 6) is 1.26. The van der Waals surface area contributed by atoms with E-state index in [9.17, 15) is 0 Å². The first kappa shape index (κ1) is 13.5. The van der Waals surface area contributed by atoms with E-state index in [0.29, 0.717) is 16.3 Å². The lowest BCUT2D eigenvalue weighted by Crippen LogP contribution is -2.10. The molecule has 0 amide bonds. The van der Waals surface area contributed by atoms with Crippen molar-refractivity contribution in [1.82, 2.24) is 0 Å². The van der Waals surface area contributed by atoms with Crippen LogP contribution in [-0.4, -0.2) is 5.84 Å². The van der Waals surface area contributed by atoms with Gasteiger partial charge < -0.3 is 10.5 Å². The van der Waals surface area contributed by atoms with Crippen LogP contribution in [0.4, 0.5) is 0 Å². The molecule has 21 heavy (non-hydrogen) atoms. The molecule has 0 heterocycles. The molecular formula is C17H13ClN2O. The second-order valence-electron chi connectivity index (χ2n) is 4.64.